The predicted octanol–water partition coefficient (Wildman–Crippen LogP) is 2.88. The van der Waals surface area contributed by atoms with Gasteiger partial charge < -0.3 is 0 Å². The van der Waals surface area contributed by atoms with E-state index in [1.807, 2.05) is 0 Å². The topological polar surface area (TPSA) is 34.1 Å². The number of rotatable bonds is 1. The highest BCUT2D eigenvalue weighted by molar-refractivity contribution is 8.49. The van der Waals surface area contributed by atoms with Gasteiger partial charge in [0.2, 0.25) is 5.78 Å². The molecule has 0 aromatic heterocycles. The quantitative estimate of drug-likeness (QED) is 0.516. The second-order valence-electron chi connectivity index (χ2n) is 2.58. The summed E-state index contributed by atoms with van der Waals surface area (Å²) in [6.45, 7) is 0. The molecule has 80 valence electrons. The third-order valence-corrected chi connectivity index (χ3v) is 2.48. The molecule has 0 fully saturated rings. The molecule has 0 saturated heterocycles. The maximum absolute atomic E-state index is 12.0. The van der Waals surface area contributed by atoms with Gasteiger partial charge in [0.15, 0.2) is 10.7 Å². The van der Waals surface area contributed by atoms with Crippen molar-refractivity contribution < 1.29 is 29.0 Å². The van der Waals surface area contributed by atoms with Crippen molar-refractivity contribution in [3.05, 3.63) is 23.1 Å². The standard InChI is InChI=1S/C6H3F5O2S/c7-14(8,9,10,11)6-3-4(12)1-2-5(6)13/h1-3H. The van der Waals surface area contributed by atoms with E-state index < -0.39 is 26.7 Å². The zero-order valence-corrected chi connectivity index (χ0v) is 7.16. The lowest BCUT2D eigenvalue weighted by Gasteiger charge is -2.41. The number of ketones is 2. The third kappa shape index (κ3) is 2.19. The van der Waals surface area contributed by atoms with Gasteiger partial charge in [0.1, 0.15) is 0 Å². The van der Waals surface area contributed by atoms with Gasteiger partial charge in [-0.15, -0.1) is 0 Å². The summed E-state index contributed by atoms with van der Waals surface area (Å²) in [4.78, 5) is 18.3. The Kier molecular flexibility index (Phi) is 1.62. The van der Waals surface area contributed by atoms with E-state index >= 15 is 0 Å². The molecule has 14 heavy (non-hydrogen) atoms. The zero-order chi connectivity index (χ0) is 11.3. The van der Waals surface area contributed by atoms with Crippen molar-refractivity contribution in [2.75, 3.05) is 0 Å². The van der Waals surface area contributed by atoms with E-state index in [0.29, 0.717) is 6.08 Å². The summed E-state index contributed by atoms with van der Waals surface area (Å²) in [6, 6.07) is 0. The number of carbonyl (C=O) groups is 2. The molecule has 1 aliphatic rings. The van der Waals surface area contributed by atoms with Crippen LogP contribution in [0.5, 0.6) is 0 Å². The Balaban J connectivity index is 3.39. The maximum atomic E-state index is 12.0. The first-order chi connectivity index (χ1) is 5.90. The predicted molar refractivity (Wildman–Crippen MR) is 40.4 cm³/mol. The number of hydrogen-bond donors (Lipinski definition) is 0. The first kappa shape index (κ1) is 10.9. The van der Waals surface area contributed by atoms with Gasteiger partial charge in [-0.25, -0.2) is 0 Å². The summed E-state index contributed by atoms with van der Waals surface area (Å²) in [5.41, 5.74) is 0. The Hall–Kier alpha value is -1.18. The SMILES string of the molecule is O=C1C=CC(=O)C(S(F)(F)(F)(F)F)=C1. The average molecular weight is 234 g/mol. The molecule has 0 aromatic carbocycles. The minimum Gasteiger partial charge on any atom is -0.290 e. The van der Waals surface area contributed by atoms with Crippen molar-refractivity contribution in [3.8, 4) is 0 Å². The van der Waals surface area contributed by atoms with E-state index in [0.717, 1.165) is 0 Å². The van der Waals surface area contributed by atoms with E-state index in [1.54, 1.807) is 0 Å². The van der Waals surface area contributed by atoms with Crippen LogP contribution in [-0.2, 0) is 9.59 Å². The Labute approximate surface area is 74.8 Å². The molecule has 8 heteroatoms. The van der Waals surface area contributed by atoms with Crippen molar-refractivity contribution in [2.45, 2.75) is 0 Å². The molecule has 0 heterocycles. The maximum Gasteiger partial charge on any atom is 0.314 e. The fraction of sp³-hybridized carbons (Fsp3) is 0. The Morgan fingerprint density at radius 3 is 1.79 bits per heavy atom. The molecule has 0 aromatic rings. The molecule has 0 atom stereocenters. The number of hydrogen-bond acceptors (Lipinski definition) is 2. The summed E-state index contributed by atoms with van der Waals surface area (Å²) >= 11 is 0. The smallest absolute Gasteiger partial charge is 0.290 e. The molecule has 1 rings (SSSR count). The van der Waals surface area contributed by atoms with Gasteiger partial charge in [0.25, 0.3) is 0 Å². The summed E-state index contributed by atoms with van der Waals surface area (Å²) in [7, 11) is -10.0. The van der Waals surface area contributed by atoms with Gasteiger partial charge in [-0.3, -0.25) is 9.59 Å². The molecular weight excluding hydrogens is 231 g/mol. The van der Waals surface area contributed by atoms with Crippen LogP contribution in [0.3, 0.4) is 0 Å². The number of halogens is 5. The minimum absolute atomic E-state index is 0.176. The molecule has 0 spiro atoms. The van der Waals surface area contributed by atoms with Crippen molar-refractivity contribution in [2.24, 2.45) is 0 Å². The third-order valence-electron chi connectivity index (χ3n) is 1.33. The highest BCUT2D eigenvalue weighted by Crippen LogP contribution is 3.02. The van der Waals surface area contributed by atoms with Crippen molar-refractivity contribution in [1.29, 1.82) is 0 Å². The second-order valence-corrected chi connectivity index (χ2v) is 4.96. The molecule has 2 nitrogen and oxygen atoms in total. The molecule has 0 radical (unpaired) electrons. The van der Waals surface area contributed by atoms with Crippen LogP contribution >= 0.6 is 10.2 Å². The Morgan fingerprint density at radius 2 is 1.43 bits per heavy atom. The van der Waals surface area contributed by atoms with Crippen LogP contribution in [0.1, 0.15) is 0 Å². The van der Waals surface area contributed by atoms with Gasteiger partial charge in [0, 0.05) is 6.08 Å². The van der Waals surface area contributed by atoms with Gasteiger partial charge >= 0.3 is 10.2 Å². The van der Waals surface area contributed by atoms with Gasteiger partial charge in [-0.1, -0.05) is 19.4 Å². The minimum atomic E-state index is -10.0. The fourth-order valence-electron chi connectivity index (χ4n) is 0.790. The molecule has 0 amide bonds. The van der Waals surface area contributed by atoms with E-state index in [1.165, 1.54) is 0 Å². The first-order valence-corrected chi connectivity index (χ1v) is 5.07. The van der Waals surface area contributed by atoms with Crippen LogP contribution in [0.4, 0.5) is 19.4 Å². The lowest BCUT2D eigenvalue weighted by Crippen LogP contribution is -2.19. The van der Waals surface area contributed by atoms with Crippen LogP contribution in [0, 0.1) is 0 Å². The highest BCUT2D eigenvalue weighted by atomic mass is 32.5. The largest absolute Gasteiger partial charge is 0.314 e. The van der Waals surface area contributed by atoms with Crippen LogP contribution in [-0.4, -0.2) is 11.6 Å². The molecule has 0 N–H and O–H groups in total. The summed E-state index contributed by atoms with van der Waals surface area (Å²) in [5, 5.41) is 0. The average Bonchev–Trinajstić information content (AvgIpc) is 1.89. The van der Waals surface area contributed by atoms with Gasteiger partial charge in [0.05, 0.1) is 0 Å². The fourth-order valence-corrected chi connectivity index (χ4v) is 1.58. The lowest BCUT2D eigenvalue weighted by molar-refractivity contribution is -0.114. The van der Waals surface area contributed by atoms with E-state index in [2.05, 4.69) is 0 Å². The van der Waals surface area contributed by atoms with Crippen molar-refractivity contribution in [3.63, 3.8) is 0 Å². The normalized spacial score (nSPS) is 22.8. The van der Waals surface area contributed by atoms with Crippen LogP contribution in [0.2, 0.25) is 0 Å². The molecular formula is C6H3F5O2S. The van der Waals surface area contributed by atoms with Crippen LogP contribution in [0.15, 0.2) is 23.1 Å². The van der Waals surface area contributed by atoms with E-state index in [-0.39, 0.29) is 12.2 Å². The van der Waals surface area contributed by atoms with E-state index in [4.69, 9.17) is 0 Å². The van der Waals surface area contributed by atoms with E-state index in [9.17, 15) is 29.0 Å². The second kappa shape index (κ2) is 2.08. The molecule has 0 unspecified atom stereocenters. The highest BCUT2D eigenvalue weighted by Gasteiger charge is 2.69. The lowest BCUT2D eigenvalue weighted by atomic mass is 10.2. The number of carbonyl (C=O) groups excluding carboxylic acids is 2. The Bertz CT molecular complexity index is 387. The van der Waals surface area contributed by atoms with Crippen molar-refractivity contribution >= 4 is 21.8 Å². The number of allylic oxidation sites excluding steroid dienone is 4. The van der Waals surface area contributed by atoms with Crippen molar-refractivity contribution in [1.82, 2.24) is 0 Å². The van der Waals surface area contributed by atoms with Crippen LogP contribution in [0.25, 0.3) is 0 Å². The zero-order valence-electron chi connectivity index (χ0n) is 6.35. The summed E-state index contributed by atoms with van der Waals surface area (Å²) in [5.74, 6) is -3.18. The molecule has 1 aliphatic carbocycles. The summed E-state index contributed by atoms with van der Waals surface area (Å²) < 4.78 is 60.2. The van der Waals surface area contributed by atoms with Gasteiger partial charge in [-0.2, -0.15) is 0 Å². The van der Waals surface area contributed by atoms with Gasteiger partial charge in [-0.05, 0) is 12.2 Å². The first-order valence-electron chi connectivity index (χ1n) is 3.12. The molecule has 0 saturated carbocycles. The summed E-state index contributed by atoms with van der Waals surface area (Å²) in [6.07, 6.45) is 0.286. The Morgan fingerprint density at radius 1 is 0.929 bits per heavy atom. The molecule has 0 aliphatic heterocycles. The molecule has 0 bridgehead atoms. The monoisotopic (exact) mass is 234 g/mol. The van der Waals surface area contributed by atoms with Crippen LogP contribution < -0.4 is 0 Å².